The Labute approximate surface area is 114 Å². The van der Waals surface area contributed by atoms with Gasteiger partial charge in [0.1, 0.15) is 0 Å². The maximum Gasteiger partial charge on any atom is 0.302 e. The van der Waals surface area contributed by atoms with E-state index >= 15 is 0 Å². The fraction of sp³-hybridized carbons (Fsp3) is 0.533. The Morgan fingerprint density at radius 2 is 2.21 bits per heavy atom. The van der Waals surface area contributed by atoms with Crippen LogP contribution in [0.25, 0.3) is 0 Å². The van der Waals surface area contributed by atoms with E-state index in [0.29, 0.717) is 6.61 Å². The minimum atomic E-state index is -0.225. The van der Waals surface area contributed by atoms with Crippen molar-refractivity contribution in [1.29, 1.82) is 0 Å². The van der Waals surface area contributed by atoms with Gasteiger partial charge in [0.05, 0.1) is 19.3 Å². The van der Waals surface area contributed by atoms with E-state index in [-0.39, 0.29) is 12.1 Å². The number of esters is 1. The van der Waals surface area contributed by atoms with Crippen LogP contribution in [0.2, 0.25) is 0 Å². The molecule has 1 fully saturated rings. The summed E-state index contributed by atoms with van der Waals surface area (Å²) in [6, 6.07) is 10.4. The van der Waals surface area contributed by atoms with Crippen LogP contribution < -0.4 is 0 Å². The molecule has 1 aromatic carbocycles. The molecule has 4 nitrogen and oxygen atoms in total. The highest BCUT2D eigenvalue weighted by molar-refractivity contribution is 5.65. The van der Waals surface area contributed by atoms with Gasteiger partial charge in [-0.15, -0.1) is 0 Å². The van der Waals surface area contributed by atoms with Crippen molar-refractivity contribution in [2.75, 3.05) is 26.3 Å². The number of carbonyl (C=O) groups excluding carboxylic acids is 1. The maximum atomic E-state index is 10.7. The lowest BCUT2D eigenvalue weighted by Crippen LogP contribution is -2.42. The molecule has 1 aliphatic heterocycles. The molecule has 19 heavy (non-hydrogen) atoms. The summed E-state index contributed by atoms with van der Waals surface area (Å²) in [7, 11) is 0. The Kier molecular flexibility index (Phi) is 5.36. The van der Waals surface area contributed by atoms with E-state index in [1.54, 1.807) is 0 Å². The fourth-order valence-electron chi connectivity index (χ4n) is 2.27. The summed E-state index contributed by atoms with van der Waals surface area (Å²) in [6.07, 6.45) is 0.932. The number of benzene rings is 1. The third-order valence-corrected chi connectivity index (χ3v) is 3.22. The third-order valence-electron chi connectivity index (χ3n) is 3.22. The number of carbonyl (C=O) groups is 1. The highest BCUT2D eigenvalue weighted by Crippen LogP contribution is 2.12. The van der Waals surface area contributed by atoms with Gasteiger partial charge >= 0.3 is 5.97 Å². The molecular weight excluding hydrogens is 242 g/mol. The first-order valence-electron chi connectivity index (χ1n) is 6.75. The third kappa shape index (κ3) is 5.01. The van der Waals surface area contributed by atoms with Crippen LogP contribution in [0.3, 0.4) is 0 Å². The summed E-state index contributed by atoms with van der Waals surface area (Å²) in [5.41, 5.74) is 1.32. The molecule has 4 heteroatoms. The molecule has 1 atom stereocenters. The first kappa shape index (κ1) is 14.0. The lowest BCUT2D eigenvalue weighted by atomic mass is 10.1. The fourth-order valence-corrected chi connectivity index (χ4v) is 2.27. The number of ether oxygens (including phenoxy) is 2. The summed E-state index contributed by atoms with van der Waals surface area (Å²) >= 11 is 0. The van der Waals surface area contributed by atoms with Crippen molar-refractivity contribution in [3.8, 4) is 0 Å². The van der Waals surface area contributed by atoms with Gasteiger partial charge in [-0.3, -0.25) is 9.69 Å². The summed E-state index contributed by atoms with van der Waals surface area (Å²) in [4.78, 5) is 13.1. The van der Waals surface area contributed by atoms with Crippen LogP contribution >= 0.6 is 0 Å². The molecule has 0 amide bonds. The number of hydrogen-bond donors (Lipinski definition) is 0. The van der Waals surface area contributed by atoms with E-state index in [1.807, 2.05) is 6.07 Å². The Hall–Kier alpha value is -1.39. The van der Waals surface area contributed by atoms with E-state index in [1.165, 1.54) is 12.5 Å². The van der Waals surface area contributed by atoms with Crippen molar-refractivity contribution in [3.63, 3.8) is 0 Å². The van der Waals surface area contributed by atoms with Gasteiger partial charge in [-0.05, 0) is 5.56 Å². The van der Waals surface area contributed by atoms with Crippen LogP contribution in [0, 0.1) is 0 Å². The second kappa shape index (κ2) is 7.26. The van der Waals surface area contributed by atoms with Crippen LogP contribution in [0.5, 0.6) is 0 Å². The van der Waals surface area contributed by atoms with Gasteiger partial charge < -0.3 is 9.47 Å². The van der Waals surface area contributed by atoms with Crippen molar-refractivity contribution in [3.05, 3.63) is 35.9 Å². The standard InChI is InChI=1S/C15H21NO3/c1-13(17)18-9-7-15-12-16(8-10-19-15)11-14-5-3-2-4-6-14/h2-6,15H,7-12H2,1H3. The minimum Gasteiger partial charge on any atom is -0.466 e. The zero-order valence-electron chi connectivity index (χ0n) is 11.4. The van der Waals surface area contributed by atoms with Gasteiger partial charge in [-0.2, -0.15) is 0 Å². The van der Waals surface area contributed by atoms with E-state index < -0.39 is 0 Å². The van der Waals surface area contributed by atoms with Gasteiger partial charge in [-0.1, -0.05) is 30.3 Å². The lowest BCUT2D eigenvalue weighted by Gasteiger charge is -2.32. The first-order chi connectivity index (χ1) is 9.24. The summed E-state index contributed by atoms with van der Waals surface area (Å²) in [6.45, 7) is 5.43. The van der Waals surface area contributed by atoms with Gasteiger partial charge in [0, 0.05) is 33.0 Å². The molecule has 1 aromatic rings. The SMILES string of the molecule is CC(=O)OCCC1CN(Cc2ccccc2)CCO1. The highest BCUT2D eigenvalue weighted by Gasteiger charge is 2.20. The van der Waals surface area contributed by atoms with Gasteiger partial charge in [-0.25, -0.2) is 0 Å². The van der Waals surface area contributed by atoms with Gasteiger partial charge in [0.15, 0.2) is 0 Å². The second-order valence-electron chi connectivity index (χ2n) is 4.84. The zero-order valence-corrected chi connectivity index (χ0v) is 11.4. The predicted octanol–water partition coefficient (Wildman–Crippen LogP) is 1.84. The van der Waals surface area contributed by atoms with Crippen LogP contribution in [0.1, 0.15) is 18.9 Å². The highest BCUT2D eigenvalue weighted by atomic mass is 16.5. The van der Waals surface area contributed by atoms with Crippen molar-refractivity contribution < 1.29 is 14.3 Å². The molecule has 0 N–H and O–H groups in total. The number of rotatable bonds is 5. The molecule has 0 saturated carbocycles. The molecule has 0 radical (unpaired) electrons. The first-order valence-corrected chi connectivity index (χ1v) is 6.75. The number of nitrogens with zero attached hydrogens (tertiary/aromatic N) is 1. The molecule has 1 unspecified atom stereocenters. The normalized spacial score (nSPS) is 20.2. The average molecular weight is 263 g/mol. The van der Waals surface area contributed by atoms with Crippen LogP contribution in [-0.4, -0.2) is 43.3 Å². The number of morpholine rings is 1. The Morgan fingerprint density at radius 1 is 1.42 bits per heavy atom. The smallest absolute Gasteiger partial charge is 0.302 e. The molecule has 0 aliphatic carbocycles. The maximum absolute atomic E-state index is 10.7. The van der Waals surface area contributed by atoms with Crippen LogP contribution in [0.15, 0.2) is 30.3 Å². The second-order valence-corrected chi connectivity index (χ2v) is 4.84. The van der Waals surface area contributed by atoms with E-state index in [2.05, 4.69) is 29.2 Å². The predicted molar refractivity (Wildman–Crippen MR) is 72.7 cm³/mol. The summed E-state index contributed by atoms with van der Waals surface area (Å²) in [5, 5.41) is 0. The van der Waals surface area contributed by atoms with E-state index in [0.717, 1.165) is 32.7 Å². The summed E-state index contributed by atoms with van der Waals surface area (Å²) < 4.78 is 10.7. The Morgan fingerprint density at radius 3 is 2.95 bits per heavy atom. The minimum absolute atomic E-state index is 0.164. The molecule has 104 valence electrons. The van der Waals surface area contributed by atoms with Crippen molar-refractivity contribution in [2.24, 2.45) is 0 Å². The Balaban J connectivity index is 1.75. The van der Waals surface area contributed by atoms with Crippen molar-refractivity contribution in [2.45, 2.75) is 26.0 Å². The molecule has 0 bridgehead atoms. The summed E-state index contributed by atoms with van der Waals surface area (Å²) in [5.74, 6) is -0.225. The monoisotopic (exact) mass is 263 g/mol. The molecule has 1 saturated heterocycles. The molecule has 2 rings (SSSR count). The topological polar surface area (TPSA) is 38.8 Å². The quantitative estimate of drug-likeness (QED) is 0.760. The molecule has 0 aromatic heterocycles. The van der Waals surface area contributed by atoms with E-state index in [4.69, 9.17) is 9.47 Å². The van der Waals surface area contributed by atoms with E-state index in [9.17, 15) is 4.79 Å². The largest absolute Gasteiger partial charge is 0.466 e. The average Bonchev–Trinajstić information content (AvgIpc) is 2.40. The van der Waals surface area contributed by atoms with Crippen molar-refractivity contribution >= 4 is 5.97 Å². The molecule has 1 aliphatic rings. The number of hydrogen-bond acceptors (Lipinski definition) is 4. The van der Waals surface area contributed by atoms with Crippen LogP contribution in [-0.2, 0) is 20.8 Å². The zero-order chi connectivity index (χ0) is 13.5. The Bertz CT molecular complexity index is 394. The lowest BCUT2D eigenvalue weighted by molar-refractivity contribution is -0.142. The molecule has 1 heterocycles. The van der Waals surface area contributed by atoms with Gasteiger partial charge in [0.25, 0.3) is 0 Å². The molecule has 0 spiro atoms. The molecular formula is C15H21NO3. The van der Waals surface area contributed by atoms with Crippen molar-refractivity contribution in [1.82, 2.24) is 4.90 Å². The van der Waals surface area contributed by atoms with Gasteiger partial charge in [0.2, 0.25) is 0 Å². The van der Waals surface area contributed by atoms with Crippen LogP contribution in [0.4, 0.5) is 0 Å².